The summed E-state index contributed by atoms with van der Waals surface area (Å²) in [7, 11) is 0. The Hall–Kier alpha value is -3.64. The van der Waals surface area contributed by atoms with Crippen molar-refractivity contribution in [3.8, 4) is 28.4 Å². The van der Waals surface area contributed by atoms with Crippen LogP contribution in [0.25, 0.3) is 11.1 Å². The van der Waals surface area contributed by atoms with Gasteiger partial charge in [0.2, 0.25) is 0 Å². The molecule has 0 heterocycles. The molecule has 6 heteroatoms. The highest BCUT2D eigenvalue weighted by atomic mass is 16.6. The van der Waals surface area contributed by atoms with Gasteiger partial charge in [-0.15, -0.1) is 0 Å². The summed E-state index contributed by atoms with van der Waals surface area (Å²) in [4.78, 5) is 25.6. The van der Waals surface area contributed by atoms with Crippen LogP contribution in [0, 0.1) is 13.8 Å². The van der Waals surface area contributed by atoms with Crippen molar-refractivity contribution in [1.29, 1.82) is 0 Å². The topological polar surface area (TPSA) is 71.1 Å². The molecule has 0 saturated heterocycles. The number of hydrogen-bond acceptors (Lipinski definition) is 6. The summed E-state index contributed by atoms with van der Waals surface area (Å²) in [6, 6.07) is 18.4. The third-order valence-electron chi connectivity index (χ3n) is 9.61. The van der Waals surface area contributed by atoms with Crippen molar-refractivity contribution >= 4 is 11.9 Å². The van der Waals surface area contributed by atoms with E-state index in [2.05, 4.69) is 13.8 Å². The van der Waals surface area contributed by atoms with Crippen LogP contribution >= 0.6 is 0 Å². The fraction of sp³-hybridized carbons (Fsp3) is 0.565. The van der Waals surface area contributed by atoms with Gasteiger partial charge in [0.25, 0.3) is 0 Å². The normalized spacial score (nSPS) is 11.7. The lowest BCUT2D eigenvalue weighted by atomic mass is 10.1. The number of hydrogen-bond donors (Lipinski definition) is 0. The van der Waals surface area contributed by atoms with Crippen molar-refractivity contribution in [2.45, 2.75) is 156 Å². The molecule has 3 aromatic rings. The van der Waals surface area contributed by atoms with Crippen molar-refractivity contribution in [2.24, 2.45) is 0 Å². The Bertz CT molecular complexity index is 1410. The van der Waals surface area contributed by atoms with Crippen LogP contribution in [0.5, 0.6) is 17.2 Å². The molecule has 0 aromatic heterocycles. The molecule has 0 unspecified atom stereocenters. The van der Waals surface area contributed by atoms with Gasteiger partial charge in [0.15, 0.2) is 6.10 Å². The molecule has 0 radical (unpaired) electrons. The minimum atomic E-state index is -0.614. The summed E-state index contributed by atoms with van der Waals surface area (Å²) >= 11 is 0. The minimum Gasteiger partial charge on any atom is -0.493 e. The summed E-state index contributed by atoms with van der Waals surface area (Å²) in [6.07, 6.45) is 22.1. The van der Waals surface area contributed by atoms with Crippen molar-refractivity contribution in [1.82, 2.24) is 0 Å². The van der Waals surface area contributed by atoms with Crippen LogP contribution in [-0.2, 0) is 9.53 Å². The van der Waals surface area contributed by atoms with Crippen molar-refractivity contribution < 1.29 is 28.5 Å². The number of unbranched alkanes of at least 4 members (excludes halogenated alkanes) is 16. The molecule has 52 heavy (non-hydrogen) atoms. The van der Waals surface area contributed by atoms with Gasteiger partial charge in [0.1, 0.15) is 17.2 Å². The van der Waals surface area contributed by atoms with Gasteiger partial charge >= 0.3 is 11.9 Å². The lowest BCUT2D eigenvalue weighted by Gasteiger charge is -2.14. The highest BCUT2D eigenvalue weighted by Crippen LogP contribution is 2.28. The summed E-state index contributed by atoms with van der Waals surface area (Å²) in [5, 5.41) is 0. The van der Waals surface area contributed by atoms with E-state index in [1.807, 2.05) is 50.2 Å². The average molecular weight is 715 g/mol. The summed E-state index contributed by atoms with van der Waals surface area (Å²) in [5.41, 5.74) is 4.28. The van der Waals surface area contributed by atoms with Crippen LogP contribution in [0.1, 0.15) is 158 Å². The molecule has 3 rings (SSSR count). The second kappa shape index (κ2) is 25.4. The van der Waals surface area contributed by atoms with Gasteiger partial charge in [-0.1, -0.05) is 141 Å². The molecule has 1 atom stereocenters. The molecule has 6 nitrogen and oxygen atoms in total. The Kier molecular flexibility index (Phi) is 20.9. The quantitative estimate of drug-likeness (QED) is 0.0445. The zero-order chi connectivity index (χ0) is 37.4. The van der Waals surface area contributed by atoms with Crippen molar-refractivity contribution in [3.63, 3.8) is 0 Å². The molecule has 286 valence electrons. The van der Waals surface area contributed by atoms with Crippen LogP contribution in [0.4, 0.5) is 0 Å². The first-order valence-electron chi connectivity index (χ1n) is 20.3. The zero-order valence-corrected chi connectivity index (χ0v) is 32.9. The van der Waals surface area contributed by atoms with E-state index in [9.17, 15) is 9.59 Å². The first-order chi connectivity index (χ1) is 25.3. The molecule has 0 aliphatic rings. The van der Waals surface area contributed by atoms with Gasteiger partial charge in [-0.3, -0.25) is 0 Å². The lowest BCUT2D eigenvalue weighted by molar-refractivity contribution is -0.146. The number of esters is 2. The predicted molar refractivity (Wildman–Crippen MR) is 214 cm³/mol. The van der Waals surface area contributed by atoms with Gasteiger partial charge < -0.3 is 18.9 Å². The van der Waals surface area contributed by atoms with Crippen LogP contribution in [0.2, 0.25) is 0 Å². The van der Waals surface area contributed by atoms with E-state index < -0.39 is 18.0 Å². The number of carbonyl (C=O) groups excluding carboxylic acids is 2. The van der Waals surface area contributed by atoms with Crippen LogP contribution in [0.3, 0.4) is 0 Å². The minimum absolute atomic E-state index is 0.391. The van der Waals surface area contributed by atoms with Crippen molar-refractivity contribution in [2.75, 3.05) is 13.2 Å². The average Bonchev–Trinajstić information content (AvgIpc) is 3.14. The van der Waals surface area contributed by atoms with E-state index in [1.54, 1.807) is 31.2 Å². The molecule has 0 amide bonds. The van der Waals surface area contributed by atoms with E-state index >= 15 is 0 Å². The van der Waals surface area contributed by atoms with E-state index in [0.717, 1.165) is 47.3 Å². The fourth-order valence-corrected chi connectivity index (χ4v) is 6.42. The molecule has 0 aliphatic heterocycles. The highest BCUT2D eigenvalue weighted by molar-refractivity contribution is 5.92. The Morgan fingerprint density at radius 1 is 0.538 bits per heavy atom. The Morgan fingerprint density at radius 2 is 0.942 bits per heavy atom. The molecule has 0 aliphatic carbocycles. The molecule has 0 fully saturated rings. The fourth-order valence-electron chi connectivity index (χ4n) is 6.42. The summed E-state index contributed by atoms with van der Waals surface area (Å²) < 4.78 is 23.1. The molecule has 3 aromatic carbocycles. The third kappa shape index (κ3) is 16.4. The van der Waals surface area contributed by atoms with Crippen LogP contribution in [0.15, 0.2) is 60.7 Å². The van der Waals surface area contributed by atoms with E-state index in [1.165, 1.54) is 96.3 Å². The standard InChI is InChI=1S/C46H66O6/c1-6-8-10-12-14-16-17-19-20-22-32-49-38(5)45(47)51-42-28-24-39(25-29-42)40-26-30-43(31-27-40)52-46(48)41-34-36(3)44(37(4)35-41)50-33-23-21-18-15-13-11-9-7-2/h24-31,34-35,38H,6-23,32-33H2,1-5H3/t38-/m0/s1. The molecule has 0 N–H and O–H groups in total. The lowest BCUT2D eigenvalue weighted by Crippen LogP contribution is -2.26. The Labute approximate surface area is 315 Å². The van der Waals surface area contributed by atoms with Gasteiger partial charge in [-0.05, 0) is 92.3 Å². The van der Waals surface area contributed by atoms with Crippen LogP contribution in [-0.4, -0.2) is 31.3 Å². The SMILES string of the molecule is CCCCCCCCCCCCO[C@@H](C)C(=O)Oc1ccc(-c2ccc(OC(=O)c3cc(C)c(OCCCCCCCCCC)c(C)c3)cc2)cc1. The van der Waals surface area contributed by atoms with Crippen LogP contribution < -0.4 is 14.2 Å². The summed E-state index contributed by atoms with van der Waals surface area (Å²) in [6.45, 7) is 11.4. The molecular formula is C46H66O6. The van der Waals surface area contributed by atoms with E-state index in [4.69, 9.17) is 18.9 Å². The first kappa shape index (κ1) is 42.8. The maximum absolute atomic E-state index is 13.0. The van der Waals surface area contributed by atoms with E-state index in [-0.39, 0.29) is 0 Å². The van der Waals surface area contributed by atoms with Gasteiger partial charge in [0.05, 0.1) is 12.2 Å². The maximum Gasteiger partial charge on any atom is 0.343 e. The molecular weight excluding hydrogens is 648 g/mol. The van der Waals surface area contributed by atoms with Gasteiger partial charge in [0, 0.05) is 6.61 Å². The Balaban J connectivity index is 1.37. The molecule has 0 spiro atoms. The van der Waals surface area contributed by atoms with Gasteiger partial charge in [-0.2, -0.15) is 0 Å². The number of aryl methyl sites for hydroxylation is 2. The third-order valence-corrected chi connectivity index (χ3v) is 9.61. The monoisotopic (exact) mass is 714 g/mol. The smallest absolute Gasteiger partial charge is 0.343 e. The first-order valence-corrected chi connectivity index (χ1v) is 20.3. The predicted octanol–water partition coefficient (Wildman–Crippen LogP) is 12.9. The number of benzene rings is 3. The summed E-state index contributed by atoms with van der Waals surface area (Å²) in [5.74, 6) is 1.01. The zero-order valence-electron chi connectivity index (χ0n) is 32.9. The molecule has 0 bridgehead atoms. The highest BCUT2D eigenvalue weighted by Gasteiger charge is 2.17. The maximum atomic E-state index is 13.0. The van der Waals surface area contributed by atoms with Gasteiger partial charge in [-0.25, -0.2) is 9.59 Å². The second-order valence-corrected chi connectivity index (χ2v) is 14.3. The number of rotatable bonds is 27. The number of ether oxygens (including phenoxy) is 4. The number of carbonyl (C=O) groups is 2. The van der Waals surface area contributed by atoms with E-state index in [0.29, 0.717) is 30.3 Å². The largest absolute Gasteiger partial charge is 0.493 e. The van der Waals surface area contributed by atoms with Crippen molar-refractivity contribution in [3.05, 3.63) is 77.4 Å². The Morgan fingerprint density at radius 3 is 1.40 bits per heavy atom. The molecule has 0 saturated carbocycles. The second-order valence-electron chi connectivity index (χ2n) is 14.3.